The second-order valence-electron chi connectivity index (χ2n) is 16.6. The van der Waals surface area contributed by atoms with Crippen molar-refractivity contribution in [2.45, 2.75) is 65.3 Å². The fourth-order valence-corrected chi connectivity index (χ4v) is 7.78. The van der Waals surface area contributed by atoms with Crippen molar-refractivity contribution in [3.8, 4) is 0 Å². The third-order valence-electron chi connectivity index (χ3n) is 11.4. The molecule has 2 heterocycles. The normalized spacial score (nSPS) is 18.4. The Balaban J connectivity index is 1.56. The van der Waals surface area contributed by atoms with Crippen molar-refractivity contribution >= 4 is 70.9 Å². The van der Waals surface area contributed by atoms with Crippen LogP contribution in [-0.2, 0) is 49.6 Å². The summed E-state index contributed by atoms with van der Waals surface area (Å²) in [5, 5.41) is 41.6. The van der Waals surface area contributed by atoms with Crippen molar-refractivity contribution in [2.24, 2.45) is 17.8 Å². The Kier molecular flexibility index (Phi) is 23.8. The van der Waals surface area contributed by atoms with Crippen molar-refractivity contribution < 1.29 is 63.2 Å². The molecule has 8 N–H and O–H groups in total. The molecule has 2 aliphatic heterocycles. The van der Waals surface area contributed by atoms with Gasteiger partial charge in [-0.05, 0) is 42.0 Å². The van der Waals surface area contributed by atoms with Gasteiger partial charge < -0.3 is 46.6 Å². The number of aliphatic carboxylic acids is 3. The molecular formula is C43H67N9O13S. The molecule has 22 nitrogen and oxygen atoms in total. The van der Waals surface area contributed by atoms with Crippen molar-refractivity contribution in [1.29, 1.82) is 0 Å². The van der Waals surface area contributed by atoms with E-state index in [0.717, 1.165) is 5.56 Å². The molecule has 66 heavy (non-hydrogen) atoms. The second kappa shape index (κ2) is 28.6. The van der Waals surface area contributed by atoms with Crippen LogP contribution in [0.3, 0.4) is 0 Å². The fraction of sp³-hybridized carbons (Fsp3) is 0.651. The second-order valence-corrected chi connectivity index (χ2v) is 17.6. The molecule has 2 aliphatic rings. The van der Waals surface area contributed by atoms with Crippen molar-refractivity contribution in [3.05, 3.63) is 29.8 Å². The summed E-state index contributed by atoms with van der Waals surface area (Å²) in [6.07, 6.45) is 1.83. The molecule has 0 spiro atoms. The summed E-state index contributed by atoms with van der Waals surface area (Å²) < 4.78 is 5.56. The zero-order valence-corrected chi connectivity index (χ0v) is 39.1. The minimum atomic E-state index is -1.08. The molecule has 1 aromatic carbocycles. The largest absolute Gasteiger partial charge is 0.481 e. The number of Topliss-reactive ketones (excluding diaryl/α,β-unsaturated/α-hetero) is 1. The molecule has 2 saturated heterocycles. The summed E-state index contributed by atoms with van der Waals surface area (Å²) in [6, 6.07) is 5.22. The number of ether oxygens (including phenoxy) is 1. The summed E-state index contributed by atoms with van der Waals surface area (Å²) >= 11 is 1.50. The standard InChI is InChI=1S/C43H67N9O13S/c1-5-28(2)32(41(61)45-12-11-44-35(54)20-29(3)42(62)63)21-34(53)33(10-19-66-4)48-43(64)47-31-8-6-30(7-9-31)22-46-36(55)23-51-16-15-49(25-38(56)57)13-14-50(26-39(58)59)17-18-52-27-40(60)65-37(52)24-51/h6-9,28-29,32-33,37H,5,10-27H2,1-4H3,(H,44,54)(H,45,61)(H,46,55)(H,56,57)(H,58,59)(H,62,63)(H2,47,48,64)/t28-,29?,32-,33-,37?/m0/s1. The third-order valence-corrected chi connectivity index (χ3v) is 12.1. The van der Waals surface area contributed by atoms with Crippen LogP contribution >= 0.6 is 11.8 Å². The van der Waals surface area contributed by atoms with E-state index in [1.165, 1.54) is 18.7 Å². The van der Waals surface area contributed by atoms with Gasteiger partial charge in [-0.1, -0.05) is 39.3 Å². The Bertz CT molecular complexity index is 1820. The van der Waals surface area contributed by atoms with Gasteiger partial charge in [0, 0.05) is 83.3 Å². The Morgan fingerprint density at radius 2 is 1.39 bits per heavy atom. The first-order valence-corrected chi connectivity index (χ1v) is 23.5. The van der Waals surface area contributed by atoms with E-state index in [2.05, 4.69) is 26.6 Å². The van der Waals surface area contributed by atoms with Crippen LogP contribution in [0.15, 0.2) is 24.3 Å². The molecule has 1 aromatic rings. The van der Waals surface area contributed by atoms with E-state index < -0.39 is 59.9 Å². The number of carboxylic acid groups (broad SMARTS) is 3. The summed E-state index contributed by atoms with van der Waals surface area (Å²) in [5.41, 5.74) is 1.14. The topological polar surface area (TPSA) is 297 Å². The average molecular weight is 950 g/mol. The van der Waals surface area contributed by atoms with Gasteiger partial charge in [0.25, 0.3) is 0 Å². The van der Waals surface area contributed by atoms with E-state index in [-0.39, 0.29) is 108 Å². The molecule has 0 saturated carbocycles. The number of hydrogen-bond acceptors (Lipinski definition) is 15. The van der Waals surface area contributed by atoms with E-state index in [9.17, 15) is 53.4 Å². The van der Waals surface area contributed by atoms with E-state index in [0.29, 0.717) is 43.9 Å². The predicted octanol–water partition coefficient (Wildman–Crippen LogP) is -0.216. The number of thioether (sulfide) groups is 1. The van der Waals surface area contributed by atoms with Crippen LogP contribution in [0.5, 0.6) is 0 Å². The van der Waals surface area contributed by atoms with Crippen LogP contribution < -0.4 is 26.6 Å². The molecule has 368 valence electrons. The van der Waals surface area contributed by atoms with Gasteiger partial charge in [-0.15, -0.1) is 0 Å². The van der Waals surface area contributed by atoms with Gasteiger partial charge in [-0.3, -0.25) is 58.0 Å². The van der Waals surface area contributed by atoms with Crippen molar-refractivity contribution in [1.82, 2.24) is 40.9 Å². The van der Waals surface area contributed by atoms with Crippen molar-refractivity contribution in [2.75, 3.05) is 102 Å². The zero-order chi connectivity index (χ0) is 48.8. The lowest BCUT2D eigenvalue weighted by Gasteiger charge is -2.33. The van der Waals surface area contributed by atoms with Crippen LogP contribution in [0.4, 0.5) is 10.5 Å². The Morgan fingerprint density at radius 1 is 0.788 bits per heavy atom. The van der Waals surface area contributed by atoms with Crippen LogP contribution in [-0.4, -0.2) is 198 Å². The maximum absolute atomic E-state index is 13.7. The van der Waals surface area contributed by atoms with E-state index >= 15 is 0 Å². The number of nitrogens with one attached hydrogen (secondary N) is 5. The number of carbonyl (C=O) groups excluding carboxylic acids is 6. The maximum Gasteiger partial charge on any atom is 0.321 e. The first kappa shape index (κ1) is 55.0. The maximum atomic E-state index is 13.7. The zero-order valence-electron chi connectivity index (χ0n) is 38.3. The van der Waals surface area contributed by atoms with Gasteiger partial charge in [0.05, 0.1) is 44.7 Å². The molecule has 0 aromatic heterocycles. The smallest absolute Gasteiger partial charge is 0.321 e. The molecule has 0 bridgehead atoms. The van der Waals surface area contributed by atoms with E-state index in [4.69, 9.17) is 9.84 Å². The highest BCUT2D eigenvalue weighted by Crippen LogP contribution is 2.22. The quantitative estimate of drug-likeness (QED) is 0.0465. The molecule has 2 unspecified atom stereocenters. The molecule has 23 heteroatoms. The number of carboxylic acids is 3. The number of urea groups is 1. The predicted molar refractivity (Wildman–Crippen MR) is 243 cm³/mol. The molecule has 3 rings (SSSR count). The highest BCUT2D eigenvalue weighted by Gasteiger charge is 2.35. The average Bonchev–Trinajstić information content (AvgIpc) is 3.61. The lowest BCUT2D eigenvalue weighted by molar-refractivity contribution is -0.143. The van der Waals surface area contributed by atoms with Crippen LogP contribution in [0.2, 0.25) is 0 Å². The monoisotopic (exact) mass is 949 g/mol. The number of amides is 5. The highest BCUT2D eigenvalue weighted by atomic mass is 32.2. The lowest BCUT2D eigenvalue weighted by atomic mass is 9.85. The minimum Gasteiger partial charge on any atom is -0.481 e. The van der Waals surface area contributed by atoms with Crippen LogP contribution in [0.1, 0.15) is 52.0 Å². The Morgan fingerprint density at radius 3 is 1.98 bits per heavy atom. The molecule has 0 aliphatic carbocycles. The number of nitrogens with zero attached hydrogens (tertiary/aromatic N) is 4. The number of hydrogen-bond donors (Lipinski definition) is 8. The van der Waals surface area contributed by atoms with E-state index in [1.807, 2.05) is 20.1 Å². The first-order chi connectivity index (χ1) is 31.4. The summed E-state index contributed by atoms with van der Waals surface area (Å²) in [6.45, 7) is 6.84. The van der Waals surface area contributed by atoms with Gasteiger partial charge in [-0.25, -0.2) is 4.79 Å². The Labute approximate surface area is 389 Å². The number of benzene rings is 1. The van der Waals surface area contributed by atoms with Gasteiger partial charge >= 0.3 is 29.9 Å². The molecule has 5 amide bonds. The number of carbonyl (C=O) groups is 9. The number of anilines is 1. The molecule has 0 radical (unpaired) electrons. The molecular weight excluding hydrogens is 883 g/mol. The number of ketones is 1. The fourth-order valence-electron chi connectivity index (χ4n) is 7.31. The number of rotatable bonds is 25. The lowest BCUT2D eigenvalue weighted by Crippen LogP contribution is -2.51. The number of esters is 1. The van der Waals surface area contributed by atoms with Crippen LogP contribution in [0, 0.1) is 17.8 Å². The first-order valence-electron chi connectivity index (χ1n) is 22.1. The third kappa shape index (κ3) is 20.4. The van der Waals surface area contributed by atoms with Crippen LogP contribution in [0.25, 0.3) is 0 Å². The van der Waals surface area contributed by atoms with Gasteiger partial charge in [-0.2, -0.15) is 11.8 Å². The van der Waals surface area contributed by atoms with Gasteiger partial charge in [0.1, 0.15) is 0 Å². The van der Waals surface area contributed by atoms with Gasteiger partial charge in [0.2, 0.25) is 17.7 Å². The van der Waals surface area contributed by atoms with Crippen molar-refractivity contribution in [3.63, 3.8) is 0 Å². The SMILES string of the molecule is CC[C@H](C)[C@H](CC(=O)[C@H](CCSC)NC(=O)Nc1ccc(CNC(=O)CN2CCN(CC(=O)O)CCN(CC(=O)O)CCN3CC(=O)OC3C2)cc1)C(=O)NCCNC(=O)CC(C)C(=O)O. The van der Waals surface area contributed by atoms with E-state index in [1.54, 1.807) is 43.9 Å². The van der Waals surface area contributed by atoms with Gasteiger partial charge in [0.15, 0.2) is 12.0 Å². The minimum absolute atomic E-state index is 0.0195. The highest BCUT2D eigenvalue weighted by molar-refractivity contribution is 7.98. The Hall–Kier alpha value is -5.36. The molecule has 2 fully saturated rings. The molecule has 5 atom stereocenters. The number of fused-ring (bicyclic) bond motifs is 1. The summed E-state index contributed by atoms with van der Waals surface area (Å²) in [7, 11) is 0. The summed E-state index contributed by atoms with van der Waals surface area (Å²) in [4.78, 5) is 119. The summed E-state index contributed by atoms with van der Waals surface area (Å²) in [5.74, 6) is -6.18.